The summed E-state index contributed by atoms with van der Waals surface area (Å²) in [5.74, 6) is 0.817. The van der Waals surface area contributed by atoms with Gasteiger partial charge in [0.2, 0.25) is 0 Å². The summed E-state index contributed by atoms with van der Waals surface area (Å²) in [5.41, 5.74) is 5.99. The van der Waals surface area contributed by atoms with Crippen molar-refractivity contribution in [3.8, 4) is 11.3 Å². The minimum Gasteiger partial charge on any atom is -0.335 e. The number of thiophene rings is 1. The predicted molar refractivity (Wildman–Crippen MR) is 155 cm³/mol. The number of carbonyl (C=O) groups excluding carboxylic acids is 1. The second kappa shape index (κ2) is 10.6. The van der Waals surface area contributed by atoms with Crippen molar-refractivity contribution in [2.45, 2.75) is 57.0 Å². The Bertz CT molecular complexity index is 1260. The number of hydrogen-bond donors (Lipinski definition) is 0. The van der Waals surface area contributed by atoms with Crippen molar-refractivity contribution >= 4 is 17.2 Å². The van der Waals surface area contributed by atoms with E-state index in [-0.39, 0.29) is 11.4 Å². The lowest BCUT2D eigenvalue weighted by Crippen LogP contribution is -2.47. The molecule has 2 aliphatic carbocycles. The van der Waals surface area contributed by atoms with Gasteiger partial charge in [-0.25, -0.2) is 0 Å². The van der Waals surface area contributed by atoms with Crippen LogP contribution >= 0.6 is 11.3 Å². The summed E-state index contributed by atoms with van der Waals surface area (Å²) in [6.07, 6.45) is 7.89. The van der Waals surface area contributed by atoms with Gasteiger partial charge in [-0.3, -0.25) is 14.4 Å². The average Bonchev–Trinajstić information content (AvgIpc) is 3.57. The quantitative estimate of drug-likeness (QED) is 0.442. The number of piperazine rings is 1. The normalized spacial score (nSPS) is 23.9. The molecule has 3 aromatic rings. The van der Waals surface area contributed by atoms with Gasteiger partial charge in [0.15, 0.2) is 5.69 Å². The van der Waals surface area contributed by atoms with Crippen molar-refractivity contribution in [1.82, 2.24) is 24.5 Å². The summed E-state index contributed by atoms with van der Waals surface area (Å²) >= 11 is 1.84. The third-order valence-electron chi connectivity index (χ3n) is 9.49. The van der Waals surface area contributed by atoms with Crippen molar-refractivity contribution in [3.63, 3.8) is 0 Å². The molecule has 1 aliphatic heterocycles. The zero-order valence-electron chi connectivity index (χ0n) is 23.2. The number of fused-ring (bicyclic) bond motifs is 3. The van der Waals surface area contributed by atoms with Crippen molar-refractivity contribution in [2.24, 2.45) is 5.92 Å². The highest BCUT2D eigenvalue weighted by Gasteiger charge is 2.39. The molecule has 202 valence electrons. The standard InChI is InChI=1S/C31H41N5OS/c1-33(2)31(24-7-5-4-6-8-24)15-11-23(12-16-31)13-17-36-29-25-14-22-38-27(25)10-9-26(29)28(32-36)30(37)35-20-18-34(3)19-21-35/h4-8,14,22-23H,9-13,15-21H2,1-3H3. The molecule has 3 heterocycles. The minimum absolute atomic E-state index is 0.128. The molecule has 0 atom stereocenters. The lowest BCUT2D eigenvalue weighted by atomic mass is 9.71. The van der Waals surface area contributed by atoms with Gasteiger partial charge in [0.25, 0.3) is 5.91 Å². The van der Waals surface area contributed by atoms with Gasteiger partial charge in [-0.15, -0.1) is 11.3 Å². The fraction of sp³-hybridized carbons (Fsp3) is 0.548. The third kappa shape index (κ3) is 4.63. The van der Waals surface area contributed by atoms with Crippen molar-refractivity contribution in [2.75, 3.05) is 47.3 Å². The molecule has 1 saturated carbocycles. The molecule has 38 heavy (non-hydrogen) atoms. The maximum Gasteiger partial charge on any atom is 0.274 e. The Morgan fingerprint density at radius 1 is 1.05 bits per heavy atom. The first kappa shape index (κ1) is 25.8. The summed E-state index contributed by atoms with van der Waals surface area (Å²) in [6.45, 7) is 4.33. The Morgan fingerprint density at radius 2 is 1.79 bits per heavy atom. The van der Waals surface area contributed by atoms with E-state index in [4.69, 9.17) is 5.10 Å². The SMILES string of the molecule is CN1CCN(C(=O)c2nn(CCC3CCC(c4ccccc4)(N(C)C)CC3)c3c2CCc2sccc2-3)CC1. The lowest BCUT2D eigenvalue weighted by Gasteiger charge is -2.45. The number of hydrogen-bond acceptors (Lipinski definition) is 5. The first-order valence-electron chi connectivity index (χ1n) is 14.3. The van der Waals surface area contributed by atoms with Gasteiger partial charge in [0.05, 0.1) is 5.69 Å². The molecule has 7 heteroatoms. The third-order valence-corrected chi connectivity index (χ3v) is 10.5. The molecule has 0 N–H and O–H groups in total. The molecule has 1 aromatic carbocycles. The number of nitrogens with zero attached hydrogens (tertiary/aromatic N) is 5. The van der Waals surface area contributed by atoms with Crippen LogP contribution in [0.15, 0.2) is 41.8 Å². The van der Waals surface area contributed by atoms with Crippen LogP contribution in [-0.2, 0) is 24.9 Å². The van der Waals surface area contributed by atoms with E-state index in [0.29, 0.717) is 11.6 Å². The van der Waals surface area contributed by atoms with Crippen LogP contribution in [0, 0.1) is 5.92 Å². The first-order valence-corrected chi connectivity index (χ1v) is 15.2. The van der Waals surface area contributed by atoms with Crippen LogP contribution in [0.5, 0.6) is 0 Å². The maximum atomic E-state index is 13.6. The molecule has 6 nitrogen and oxygen atoms in total. The fourth-order valence-corrected chi connectivity index (χ4v) is 7.89. The Morgan fingerprint density at radius 3 is 2.50 bits per heavy atom. The monoisotopic (exact) mass is 531 g/mol. The largest absolute Gasteiger partial charge is 0.335 e. The number of benzene rings is 1. The lowest BCUT2D eigenvalue weighted by molar-refractivity contribution is 0.0655. The predicted octanol–water partition coefficient (Wildman–Crippen LogP) is 5.14. The molecule has 1 amide bonds. The van der Waals surface area contributed by atoms with Crippen molar-refractivity contribution in [3.05, 3.63) is 63.5 Å². The fourth-order valence-electron chi connectivity index (χ4n) is 7.01. The molecule has 6 rings (SSSR count). The van der Waals surface area contributed by atoms with E-state index >= 15 is 0 Å². The second-order valence-electron chi connectivity index (χ2n) is 11.8. The second-order valence-corrected chi connectivity index (χ2v) is 12.8. The highest BCUT2D eigenvalue weighted by molar-refractivity contribution is 7.10. The van der Waals surface area contributed by atoms with Gasteiger partial charge < -0.3 is 9.80 Å². The summed E-state index contributed by atoms with van der Waals surface area (Å²) in [7, 11) is 6.60. The minimum atomic E-state index is 0.128. The van der Waals surface area contributed by atoms with Crippen LogP contribution < -0.4 is 0 Å². The molecule has 3 aliphatic rings. The Balaban J connectivity index is 1.20. The van der Waals surface area contributed by atoms with Crippen LogP contribution in [0.1, 0.15) is 58.6 Å². The van der Waals surface area contributed by atoms with Gasteiger partial charge in [0, 0.05) is 54.3 Å². The van der Waals surface area contributed by atoms with Crippen LogP contribution in [-0.4, -0.2) is 77.7 Å². The zero-order valence-corrected chi connectivity index (χ0v) is 24.0. The zero-order chi connectivity index (χ0) is 26.3. The topological polar surface area (TPSA) is 44.6 Å². The summed E-state index contributed by atoms with van der Waals surface area (Å²) < 4.78 is 2.20. The summed E-state index contributed by atoms with van der Waals surface area (Å²) in [5, 5.41) is 7.26. The van der Waals surface area contributed by atoms with E-state index in [1.54, 1.807) is 0 Å². The number of aromatic nitrogens is 2. The van der Waals surface area contributed by atoms with Gasteiger partial charge in [-0.1, -0.05) is 30.3 Å². The number of carbonyl (C=O) groups is 1. The molecular weight excluding hydrogens is 490 g/mol. The summed E-state index contributed by atoms with van der Waals surface area (Å²) in [4.78, 5) is 21.8. The molecule has 0 unspecified atom stereocenters. The molecule has 0 radical (unpaired) electrons. The first-order chi connectivity index (χ1) is 18.5. The number of rotatable bonds is 6. The van der Waals surface area contributed by atoms with E-state index in [9.17, 15) is 4.79 Å². The Hall–Kier alpha value is -2.48. The number of amides is 1. The molecule has 2 fully saturated rings. The van der Waals surface area contributed by atoms with E-state index in [0.717, 1.165) is 52.0 Å². The highest BCUT2D eigenvalue weighted by Crippen LogP contribution is 2.44. The molecule has 0 spiro atoms. The Labute approximate surface area is 231 Å². The Kier molecular flexibility index (Phi) is 7.18. The van der Waals surface area contributed by atoms with Gasteiger partial charge >= 0.3 is 0 Å². The van der Waals surface area contributed by atoms with E-state index in [1.165, 1.54) is 52.9 Å². The summed E-state index contributed by atoms with van der Waals surface area (Å²) in [6, 6.07) is 13.3. The van der Waals surface area contributed by atoms with Crippen LogP contribution in [0.2, 0.25) is 0 Å². The van der Waals surface area contributed by atoms with Crippen LogP contribution in [0.25, 0.3) is 11.3 Å². The van der Waals surface area contributed by atoms with E-state index in [1.807, 2.05) is 16.2 Å². The molecular formula is C31H41N5OS. The number of likely N-dealkylation sites (N-methyl/N-ethyl adjacent to an activating group) is 1. The molecule has 1 saturated heterocycles. The van der Waals surface area contributed by atoms with Crippen LogP contribution in [0.4, 0.5) is 0 Å². The van der Waals surface area contributed by atoms with Crippen molar-refractivity contribution < 1.29 is 4.79 Å². The van der Waals surface area contributed by atoms with Gasteiger partial charge in [-0.2, -0.15) is 5.10 Å². The van der Waals surface area contributed by atoms with Crippen LogP contribution in [0.3, 0.4) is 0 Å². The van der Waals surface area contributed by atoms with Gasteiger partial charge in [0.1, 0.15) is 0 Å². The van der Waals surface area contributed by atoms with E-state index < -0.39 is 0 Å². The molecule has 0 bridgehead atoms. The number of aryl methyl sites for hydroxylation is 2. The average molecular weight is 532 g/mol. The smallest absolute Gasteiger partial charge is 0.274 e. The van der Waals surface area contributed by atoms with E-state index in [2.05, 4.69) is 77.4 Å². The maximum absolute atomic E-state index is 13.6. The van der Waals surface area contributed by atoms with Crippen molar-refractivity contribution in [1.29, 1.82) is 0 Å². The molecule has 2 aromatic heterocycles. The highest BCUT2D eigenvalue weighted by atomic mass is 32.1. The van der Waals surface area contributed by atoms with Gasteiger partial charge in [-0.05, 0) is 89.0 Å².